The molecule has 1 aliphatic carbocycles. The fraction of sp³-hybridized carbons (Fsp3) is 0.444. The molecular weight excluding hydrogens is 398 g/mol. The summed E-state index contributed by atoms with van der Waals surface area (Å²) in [5.74, 6) is 0.314. The van der Waals surface area contributed by atoms with Gasteiger partial charge in [-0.3, -0.25) is 14.6 Å². The molecule has 2 aliphatic rings. The third kappa shape index (κ3) is 4.93. The average molecular weight is 432 g/mol. The first-order valence-corrected chi connectivity index (χ1v) is 11.7. The molecule has 5 heteroatoms. The van der Waals surface area contributed by atoms with Crippen molar-refractivity contribution in [3.8, 4) is 11.1 Å². The first kappa shape index (κ1) is 22.3. The van der Waals surface area contributed by atoms with E-state index < -0.39 is 5.41 Å². The fourth-order valence-electron chi connectivity index (χ4n) is 4.95. The number of amides is 2. The lowest BCUT2D eigenvalue weighted by Crippen LogP contribution is -2.47. The molecule has 0 radical (unpaired) electrons. The highest BCUT2D eigenvalue weighted by atomic mass is 16.2. The van der Waals surface area contributed by atoms with Crippen LogP contribution in [0.1, 0.15) is 45.1 Å². The van der Waals surface area contributed by atoms with E-state index >= 15 is 0 Å². The fourth-order valence-corrected chi connectivity index (χ4v) is 4.95. The number of likely N-dealkylation sites (tertiary alicyclic amines) is 1. The molecule has 0 bridgehead atoms. The minimum absolute atomic E-state index is 0.0536. The second-order valence-corrected chi connectivity index (χ2v) is 9.52. The summed E-state index contributed by atoms with van der Waals surface area (Å²) in [6, 6.07) is 12.4. The molecule has 2 heterocycles. The van der Waals surface area contributed by atoms with Crippen molar-refractivity contribution in [1.82, 2.24) is 15.2 Å². The monoisotopic (exact) mass is 431 g/mol. The van der Waals surface area contributed by atoms with Crippen LogP contribution < -0.4 is 5.32 Å². The number of aromatic nitrogens is 1. The third-order valence-electron chi connectivity index (χ3n) is 6.65. The number of benzene rings is 1. The number of nitrogens with zero attached hydrogens (tertiary/aromatic N) is 2. The Morgan fingerprint density at radius 1 is 1.19 bits per heavy atom. The molecule has 0 spiro atoms. The van der Waals surface area contributed by atoms with Crippen LogP contribution in [0.15, 0.2) is 60.9 Å². The second-order valence-electron chi connectivity index (χ2n) is 9.52. The van der Waals surface area contributed by atoms with Gasteiger partial charge in [0.15, 0.2) is 0 Å². The van der Waals surface area contributed by atoms with Gasteiger partial charge in [0.05, 0.1) is 5.41 Å². The van der Waals surface area contributed by atoms with Crippen molar-refractivity contribution in [3.05, 3.63) is 66.5 Å². The van der Waals surface area contributed by atoms with Gasteiger partial charge in [0.25, 0.3) is 0 Å². The van der Waals surface area contributed by atoms with Crippen LogP contribution in [-0.2, 0) is 16.0 Å². The van der Waals surface area contributed by atoms with E-state index in [1.165, 1.54) is 0 Å². The van der Waals surface area contributed by atoms with Gasteiger partial charge < -0.3 is 10.2 Å². The van der Waals surface area contributed by atoms with E-state index in [9.17, 15) is 9.59 Å². The summed E-state index contributed by atoms with van der Waals surface area (Å²) in [5.41, 5.74) is 2.66. The summed E-state index contributed by atoms with van der Waals surface area (Å²) >= 11 is 0. The molecule has 1 aliphatic heterocycles. The number of hydrogen-bond donors (Lipinski definition) is 1. The van der Waals surface area contributed by atoms with E-state index in [1.54, 1.807) is 6.20 Å². The van der Waals surface area contributed by atoms with E-state index in [0.29, 0.717) is 25.9 Å². The Morgan fingerprint density at radius 3 is 2.75 bits per heavy atom. The molecule has 2 atom stereocenters. The van der Waals surface area contributed by atoms with Gasteiger partial charge in [0, 0.05) is 37.4 Å². The van der Waals surface area contributed by atoms with Crippen LogP contribution in [0.4, 0.5) is 0 Å². The summed E-state index contributed by atoms with van der Waals surface area (Å²) in [6.45, 7) is 5.11. The van der Waals surface area contributed by atoms with Crippen LogP contribution in [0.5, 0.6) is 0 Å². The van der Waals surface area contributed by atoms with Crippen LogP contribution in [0, 0.1) is 11.3 Å². The van der Waals surface area contributed by atoms with E-state index in [-0.39, 0.29) is 23.8 Å². The van der Waals surface area contributed by atoms with E-state index in [2.05, 4.69) is 40.7 Å². The van der Waals surface area contributed by atoms with Gasteiger partial charge in [0.2, 0.25) is 11.8 Å². The summed E-state index contributed by atoms with van der Waals surface area (Å²) in [5, 5.41) is 3.13. The lowest BCUT2D eigenvalue weighted by atomic mass is 9.79. The molecule has 32 heavy (non-hydrogen) atoms. The Bertz CT molecular complexity index is 985. The quantitative estimate of drug-likeness (QED) is 0.690. The van der Waals surface area contributed by atoms with Gasteiger partial charge in [-0.2, -0.15) is 0 Å². The van der Waals surface area contributed by atoms with E-state index in [0.717, 1.165) is 36.0 Å². The lowest BCUT2D eigenvalue weighted by molar-refractivity contribution is -0.136. The minimum atomic E-state index is -0.599. The van der Waals surface area contributed by atoms with Gasteiger partial charge in [-0.25, -0.2) is 0 Å². The van der Waals surface area contributed by atoms with Gasteiger partial charge in [0.1, 0.15) is 0 Å². The Kier molecular flexibility index (Phi) is 6.73. The van der Waals surface area contributed by atoms with Crippen molar-refractivity contribution in [2.75, 3.05) is 13.1 Å². The third-order valence-corrected chi connectivity index (χ3v) is 6.65. The average Bonchev–Trinajstić information content (AvgIpc) is 3.25. The number of allylic oxidation sites excluding steroid dienone is 2. The van der Waals surface area contributed by atoms with Gasteiger partial charge in [-0.05, 0) is 68.7 Å². The van der Waals surface area contributed by atoms with Crippen molar-refractivity contribution >= 4 is 11.8 Å². The van der Waals surface area contributed by atoms with Crippen LogP contribution in [0.25, 0.3) is 11.1 Å². The standard InChI is InChI=1S/C27H33N3O2/c1-20(2)29-26(32)27(13-15-30(19-27)25(31)22-9-4-3-5-10-22)17-21-8-6-11-23(16-21)24-12-7-14-28-18-24/h3-4,6-8,11-12,14,16,18,20,22H,5,9-10,13,15,17,19H2,1-2H3,(H,29,32)/t22-,27+/m0/s1. The summed E-state index contributed by atoms with van der Waals surface area (Å²) in [4.78, 5) is 32.8. The second kappa shape index (κ2) is 9.68. The summed E-state index contributed by atoms with van der Waals surface area (Å²) in [6.07, 6.45) is 11.9. The molecule has 1 aromatic carbocycles. The summed E-state index contributed by atoms with van der Waals surface area (Å²) < 4.78 is 0. The molecular formula is C27H33N3O2. The van der Waals surface area contributed by atoms with Crippen molar-refractivity contribution in [3.63, 3.8) is 0 Å². The SMILES string of the molecule is CC(C)NC(=O)[C@@]1(Cc2cccc(-c3cccnc3)c2)CCN(C(=O)[C@H]2CC=CCC2)C1. The number of carbonyl (C=O) groups excluding carboxylic acids is 2. The van der Waals surface area contributed by atoms with Gasteiger partial charge in [-0.15, -0.1) is 0 Å². The minimum Gasteiger partial charge on any atom is -0.353 e. The smallest absolute Gasteiger partial charge is 0.228 e. The maximum atomic E-state index is 13.4. The van der Waals surface area contributed by atoms with E-state index in [1.807, 2.05) is 43.1 Å². The Balaban J connectivity index is 1.57. The number of hydrogen-bond acceptors (Lipinski definition) is 3. The molecule has 0 unspecified atom stereocenters. The van der Waals surface area contributed by atoms with Gasteiger partial charge in [-0.1, -0.05) is 42.5 Å². The maximum Gasteiger partial charge on any atom is 0.228 e. The molecule has 0 saturated carbocycles. The number of nitrogens with one attached hydrogen (secondary N) is 1. The summed E-state index contributed by atoms with van der Waals surface area (Å²) in [7, 11) is 0. The molecule has 4 rings (SSSR count). The highest BCUT2D eigenvalue weighted by molar-refractivity contribution is 5.86. The number of rotatable bonds is 6. The highest BCUT2D eigenvalue weighted by Crippen LogP contribution is 2.37. The zero-order chi connectivity index (χ0) is 22.6. The molecule has 2 aromatic rings. The Morgan fingerprint density at radius 2 is 2.03 bits per heavy atom. The van der Waals surface area contributed by atoms with Crippen molar-refractivity contribution < 1.29 is 9.59 Å². The predicted octanol–water partition coefficient (Wildman–Crippen LogP) is 4.39. The zero-order valence-corrected chi connectivity index (χ0v) is 19.1. The van der Waals surface area contributed by atoms with Crippen LogP contribution in [-0.4, -0.2) is 40.8 Å². The van der Waals surface area contributed by atoms with Crippen molar-refractivity contribution in [2.24, 2.45) is 11.3 Å². The van der Waals surface area contributed by atoms with Gasteiger partial charge >= 0.3 is 0 Å². The molecule has 1 fully saturated rings. The molecule has 1 aromatic heterocycles. The normalized spacial score (nSPS) is 22.8. The predicted molar refractivity (Wildman–Crippen MR) is 127 cm³/mol. The number of pyridine rings is 1. The van der Waals surface area contributed by atoms with Crippen LogP contribution in [0.3, 0.4) is 0 Å². The van der Waals surface area contributed by atoms with Crippen molar-refractivity contribution in [2.45, 2.75) is 52.0 Å². The first-order chi connectivity index (χ1) is 15.5. The number of carbonyl (C=O) groups is 2. The van der Waals surface area contributed by atoms with Crippen LogP contribution >= 0.6 is 0 Å². The first-order valence-electron chi connectivity index (χ1n) is 11.7. The van der Waals surface area contributed by atoms with E-state index in [4.69, 9.17) is 0 Å². The lowest BCUT2D eigenvalue weighted by Gasteiger charge is -2.30. The molecule has 5 nitrogen and oxygen atoms in total. The van der Waals surface area contributed by atoms with Crippen LogP contribution in [0.2, 0.25) is 0 Å². The Hall–Kier alpha value is -2.95. The highest BCUT2D eigenvalue weighted by Gasteiger charge is 2.46. The molecule has 2 amide bonds. The molecule has 168 valence electrons. The topological polar surface area (TPSA) is 62.3 Å². The van der Waals surface area contributed by atoms with Crippen molar-refractivity contribution in [1.29, 1.82) is 0 Å². The Labute approximate surface area is 190 Å². The largest absolute Gasteiger partial charge is 0.353 e. The molecule has 1 N–H and O–H groups in total. The molecule has 1 saturated heterocycles. The zero-order valence-electron chi connectivity index (χ0n) is 19.1. The maximum absolute atomic E-state index is 13.4.